The molecule has 3 aliphatic heterocycles. The quantitative estimate of drug-likeness (QED) is 0.717. The number of hydrogen-bond acceptors (Lipinski definition) is 6. The van der Waals surface area contributed by atoms with Crippen molar-refractivity contribution in [1.29, 1.82) is 0 Å². The molecule has 1 aromatic carbocycles. The molecule has 3 aliphatic rings. The molecular formula is C22H26ClN5O3. The Labute approximate surface area is 186 Å². The molecule has 2 atom stereocenters. The summed E-state index contributed by atoms with van der Waals surface area (Å²) in [5, 5.41) is 0.634. The molecule has 1 saturated heterocycles. The van der Waals surface area contributed by atoms with Crippen LogP contribution in [0.2, 0.25) is 5.02 Å². The number of nitrogens with zero attached hydrogens (tertiary/aromatic N) is 5. The molecule has 0 aliphatic carbocycles. The lowest BCUT2D eigenvalue weighted by Crippen LogP contribution is -2.65. The predicted molar refractivity (Wildman–Crippen MR) is 119 cm³/mol. The predicted octanol–water partition coefficient (Wildman–Crippen LogP) is 3.21. The minimum atomic E-state index is -0.716. The van der Waals surface area contributed by atoms with Gasteiger partial charge in [-0.2, -0.15) is 0 Å². The Morgan fingerprint density at radius 2 is 1.87 bits per heavy atom. The number of allylic oxidation sites excluding steroid dienone is 1. The highest BCUT2D eigenvalue weighted by atomic mass is 35.5. The summed E-state index contributed by atoms with van der Waals surface area (Å²) < 4.78 is 0. The fraction of sp³-hybridized carbons (Fsp3) is 0.455. The number of carbonyl (C=O) groups is 3. The van der Waals surface area contributed by atoms with E-state index in [2.05, 4.69) is 0 Å². The van der Waals surface area contributed by atoms with Gasteiger partial charge in [-0.1, -0.05) is 38.4 Å². The van der Waals surface area contributed by atoms with Gasteiger partial charge in [-0.25, -0.2) is 9.79 Å². The van der Waals surface area contributed by atoms with E-state index in [1.807, 2.05) is 43.1 Å². The number of aryl methyl sites for hydroxylation is 1. The molecule has 0 aromatic heterocycles. The molecule has 0 spiro atoms. The summed E-state index contributed by atoms with van der Waals surface area (Å²) in [6, 6.07) is 4.49. The first kappa shape index (κ1) is 21.4. The molecule has 0 radical (unpaired) electrons. The topological polar surface area (TPSA) is 76.5 Å². The Balaban J connectivity index is 1.68. The lowest BCUT2D eigenvalue weighted by Gasteiger charge is -2.40. The lowest BCUT2D eigenvalue weighted by atomic mass is 9.90. The van der Waals surface area contributed by atoms with Crippen molar-refractivity contribution in [2.24, 2.45) is 10.4 Å². The Morgan fingerprint density at radius 3 is 2.48 bits per heavy atom. The number of imide groups is 1. The van der Waals surface area contributed by atoms with E-state index < -0.39 is 29.6 Å². The average Bonchev–Trinajstić information content (AvgIpc) is 3.19. The zero-order valence-corrected chi connectivity index (χ0v) is 19.3. The van der Waals surface area contributed by atoms with Crippen LogP contribution in [0.25, 0.3) is 0 Å². The maximum absolute atomic E-state index is 13.4. The maximum Gasteiger partial charge on any atom is 0.328 e. The number of likely N-dealkylation sites (N-methyl/N-ethyl adjacent to an activating group) is 1. The van der Waals surface area contributed by atoms with Crippen molar-refractivity contribution in [3.05, 3.63) is 40.7 Å². The largest absolute Gasteiger partial charge is 0.328 e. The Kier molecular flexibility index (Phi) is 4.88. The zero-order chi connectivity index (χ0) is 22.8. The highest BCUT2D eigenvalue weighted by molar-refractivity contribution is 6.31. The molecule has 8 nitrogen and oxygen atoms in total. The molecule has 0 N–H and O–H groups in total. The van der Waals surface area contributed by atoms with Crippen molar-refractivity contribution in [3.63, 3.8) is 0 Å². The number of fused-ring (bicyclic) bond motifs is 3. The van der Waals surface area contributed by atoms with Crippen LogP contribution >= 0.6 is 11.6 Å². The number of guanidine groups is 1. The summed E-state index contributed by atoms with van der Waals surface area (Å²) in [5.41, 5.74) is 2.01. The molecular weight excluding hydrogens is 418 g/mol. The molecule has 4 rings (SSSR count). The number of aliphatic imine (C=N–C) groups is 1. The average molecular weight is 444 g/mol. The first-order chi connectivity index (χ1) is 14.4. The van der Waals surface area contributed by atoms with Gasteiger partial charge in [-0.3, -0.25) is 19.4 Å². The van der Waals surface area contributed by atoms with Gasteiger partial charge in [0.1, 0.15) is 0 Å². The number of Topliss-reactive ketones (excluding diaryl/α,β-unsaturated/α-hetero) is 1. The first-order valence-corrected chi connectivity index (χ1v) is 10.5. The first-order valence-electron chi connectivity index (χ1n) is 10.1. The monoisotopic (exact) mass is 443 g/mol. The zero-order valence-electron chi connectivity index (χ0n) is 18.5. The highest BCUT2D eigenvalue weighted by Crippen LogP contribution is 2.37. The highest BCUT2D eigenvalue weighted by Gasteiger charge is 2.55. The molecule has 164 valence electrons. The third-order valence-corrected chi connectivity index (χ3v) is 6.35. The summed E-state index contributed by atoms with van der Waals surface area (Å²) in [6.07, 6.45) is 1.19. The van der Waals surface area contributed by atoms with Gasteiger partial charge < -0.3 is 9.80 Å². The van der Waals surface area contributed by atoms with Crippen molar-refractivity contribution in [2.45, 2.75) is 46.8 Å². The minimum absolute atomic E-state index is 0.177. The van der Waals surface area contributed by atoms with Crippen LogP contribution in [0, 0.1) is 12.3 Å². The SMILES string of the molecule is CC1=CN2C(=NC3C2C(=O)N(CC(=O)C(C)(C)C)C(=O)N3C)N1c1ccc(C)c(Cl)c1. The van der Waals surface area contributed by atoms with Crippen molar-refractivity contribution in [2.75, 3.05) is 18.5 Å². The second kappa shape index (κ2) is 7.09. The van der Waals surface area contributed by atoms with Gasteiger partial charge in [0.25, 0.3) is 5.91 Å². The lowest BCUT2D eigenvalue weighted by molar-refractivity contribution is -0.141. The number of amides is 3. The smallest absolute Gasteiger partial charge is 0.302 e. The number of benzene rings is 1. The van der Waals surface area contributed by atoms with E-state index in [1.165, 1.54) is 4.90 Å². The number of halogens is 1. The van der Waals surface area contributed by atoms with Crippen molar-refractivity contribution >= 4 is 41.0 Å². The van der Waals surface area contributed by atoms with Gasteiger partial charge in [0.2, 0.25) is 5.96 Å². The van der Waals surface area contributed by atoms with Gasteiger partial charge >= 0.3 is 6.03 Å². The minimum Gasteiger partial charge on any atom is -0.302 e. The van der Waals surface area contributed by atoms with Crippen LogP contribution in [0.3, 0.4) is 0 Å². The summed E-state index contributed by atoms with van der Waals surface area (Å²) in [5.74, 6) is -0.0361. The van der Waals surface area contributed by atoms with Crippen LogP contribution in [0.1, 0.15) is 33.3 Å². The van der Waals surface area contributed by atoms with Gasteiger partial charge in [0, 0.05) is 29.4 Å². The summed E-state index contributed by atoms with van der Waals surface area (Å²) in [7, 11) is 1.61. The van der Waals surface area contributed by atoms with E-state index in [-0.39, 0.29) is 12.3 Å². The molecule has 3 heterocycles. The normalized spacial score (nSPS) is 23.2. The van der Waals surface area contributed by atoms with E-state index in [1.54, 1.807) is 32.7 Å². The molecule has 1 fully saturated rings. The third kappa shape index (κ3) is 3.29. The van der Waals surface area contributed by atoms with Crippen molar-refractivity contribution in [3.8, 4) is 0 Å². The molecule has 3 amide bonds. The molecule has 1 aromatic rings. The number of anilines is 1. The van der Waals surface area contributed by atoms with Crippen LogP contribution in [0.15, 0.2) is 35.1 Å². The summed E-state index contributed by atoms with van der Waals surface area (Å²) in [6.45, 7) is 8.92. The van der Waals surface area contributed by atoms with Crippen LogP contribution in [-0.2, 0) is 9.59 Å². The van der Waals surface area contributed by atoms with Gasteiger partial charge in [0.15, 0.2) is 18.0 Å². The second-order valence-corrected chi connectivity index (χ2v) is 9.63. The number of hydrogen-bond donors (Lipinski definition) is 0. The Hall–Kier alpha value is -2.87. The van der Waals surface area contributed by atoms with Crippen LogP contribution in [0.5, 0.6) is 0 Å². The van der Waals surface area contributed by atoms with E-state index in [9.17, 15) is 14.4 Å². The number of ketones is 1. The Morgan fingerprint density at radius 1 is 1.19 bits per heavy atom. The van der Waals surface area contributed by atoms with Gasteiger partial charge in [-0.15, -0.1) is 0 Å². The van der Waals surface area contributed by atoms with Crippen molar-refractivity contribution in [1.82, 2.24) is 14.7 Å². The number of carbonyl (C=O) groups excluding carboxylic acids is 3. The molecule has 0 bridgehead atoms. The molecule has 2 unspecified atom stereocenters. The molecule has 31 heavy (non-hydrogen) atoms. The van der Waals surface area contributed by atoms with Crippen molar-refractivity contribution < 1.29 is 14.4 Å². The molecule has 0 saturated carbocycles. The summed E-state index contributed by atoms with van der Waals surface area (Å²) in [4.78, 5) is 49.7. The molecule has 9 heteroatoms. The van der Waals surface area contributed by atoms with E-state index >= 15 is 0 Å². The van der Waals surface area contributed by atoms with E-state index in [4.69, 9.17) is 16.6 Å². The van der Waals surface area contributed by atoms with Gasteiger partial charge in [-0.05, 0) is 31.5 Å². The van der Waals surface area contributed by atoms with E-state index in [0.717, 1.165) is 21.8 Å². The standard InChI is InChI=1S/C22H26ClN5O3/c1-12-7-8-14(9-15(12)23)28-13(2)10-26-17-18(24-20(26)28)25(6)21(31)27(19(17)30)11-16(29)22(3,4)5/h7-10,17-18H,11H2,1-6H3. The van der Waals surface area contributed by atoms with Gasteiger partial charge in [0.05, 0.1) is 12.2 Å². The maximum atomic E-state index is 13.4. The van der Waals surface area contributed by atoms with Crippen LogP contribution in [-0.4, -0.2) is 64.2 Å². The second-order valence-electron chi connectivity index (χ2n) is 9.23. The third-order valence-electron chi connectivity index (χ3n) is 5.94. The van der Waals surface area contributed by atoms with Crippen LogP contribution < -0.4 is 4.90 Å². The number of rotatable bonds is 3. The van der Waals surface area contributed by atoms with Crippen LogP contribution in [0.4, 0.5) is 10.5 Å². The fourth-order valence-corrected chi connectivity index (χ4v) is 4.10. The fourth-order valence-electron chi connectivity index (χ4n) is 3.92. The Bertz CT molecular complexity index is 1060. The number of urea groups is 1. The summed E-state index contributed by atoms with van der Waals surface area (Å²) >= 11 is 6.33. The van der Waals surface area contributed by atoms with E-state index in [0.29, 0.717) is 11.0 Å².